The molecule has 9 heteroatoms. The molecule has 0 unspecified atom stereocenters. The predicted octanol–water partition coefficient (Wildman–Crippen LogP) is -0.0761. The van der Waals surface area contributed by atoms with Crippen molar-refractivity contribution in [2.75, 3.05) is 14.2 Å². The minimum absolute atomic E-state index is 0.00365. The molecular formula is C16H22N2O7. The molecule has 0 aromatic heterocycles. The Hall–Kier alpha value is -2.65. The molecule has 3 N–H and O–H groups in total. The second kappa shape index (κ2) is 10.3. The Balaban J connectivity index is 2.61. The first-order chi connectivity index (χ1) is 11.9. The van der Waals surface area contributed by atoms with Crippen LogP contribution in [0.25, 0.3) is 0 Å². The number of hydrogen-bond acceptors (Lipinski definition) is 7. The molecule has 0 spiro atoms. The van der Waals surface area contributed by atoms with Crippen LogP contribution in [-0.2, 0) is 30.4 Å². The Labute approximate surface area is 145 Å². The number of benzene rings is 1. The summed E-state index contributed by atoms with van der Waals surface area (Å²) in [5.74, 6) is -1.66. The van der Waals surface area contributed by atoms with E-state index in [-0.39, 0.29) is 6.61 Å². The van der Waals surface area contributed by atoms with Gasteiger partial charge in [-0.1, -0.05) is 30.3 Å². The smallest absolute Gasteiger partial charge is 0.408 e. The maximum atomic E-state index is 12.2. The van der Waals surface area contributed by atoms with Gasteiger partial charge in [0.1, 0.15) is 12.6 Å². The van der Waals surface area contributed by atoms with Crippen LogP contribution in [0.4, 0.5) is 4.79 Å². The largest absolute Gasteiger partial charge is 0.466 e. The van der Waals surface area contributed by atoms with Gasteiger partial charge >= 0.3 is 12.1 Å². The van der Waals surface area contributed by atoms with E-state index in [1.807, 2.05) is 6.07 Å². The van der Waals surface area contributed by atoms with Gasteiger partial charge in [-0.05, 0) is 12.5 Å². The first-order valence-electron chi connectivity index (χ1n) is 7.45. The lowest BCUT2D eigenvalue weighted by Crippen LogP contribution is -2.56. The van der Waals surface area contributed by atoms with Gasteiger partial charge in [-0.3, -0.25) is 4.79 Å². The van der Waals surface area contributed by atoms with Gasteiger partial charge in [0.05, 0.1) is 13.2 Å². The summed E-state index contributed by atoms with van der Waals surface area (Å²) >= 11 is 0. The SMILES string of the molecule is COC(=O)[C@@H](NC(=O)[C@@H](NC(=O)OCc1ccccc1)[C@@H](C)O)OC. The summed E-state index contributed by atoms with van der Waals surface area (Å²) in [4.78, 5) is 35.4. The van der Waals surface area contributed by atoms with Crippen molar-refractivity contribution in [3.8, 4) is 0 Å². The van der Waals surface area contributed by atoms with E-state index in [2.05, 4.69) is 15.4 Å². The van der Waals surface area contributed by atoms with Crippen LogP contribution in [0, 0.1) is 0 Å². The lowest BCUT2D eigenvalue weighted by Gasteiger charge is -2.23. The van der Waals surface area contributed by atoms with Crippen molar-refractivity contribution in [3.05, 3.63) is 35.9 Å². The number of alkyl carbamates (subject to hydrolysis) is 1. The number of ether oxygens (including phenoxy) is 3. The molecule has 0 radical (unpaired) electrons. The zero-order valence-corrected chi connectivity index (χ0v) is 14.2. The lowest BCUT2D eigenvalue weighted by atomic mass is 10.1. The third-order valence-electron chi connectivity index (χ3n) is 3.18. The number of methoxy groups -OCH3 is 2. The Morgan fingerprint density at radius 1 is 1.12 bits per heavy atom. The Morgan fingerprint density at radius 2 is 1.76 bits per heavy atom. The normalized spacial score (nSPS) is 13.9. The van der Waals surface area contributed by atoms with Gasteiger partial charge in [0.25, 0.3) is 0 Å². The van der Waals surface area contributed by atoms with Crippen molar-refractivity contribution in [1.82, 2.24) is 10.6 Å². The fraction of sp³-hybridized carbons (Fsp3) is 0.438. The van der Waals surface area contributed by atoms with Crippen LogP contribution in [0.15, 0.2) is 30.3 Å². The Morgan fingerprint density at radius 3 is 2.28 bits per heavy atom. The molecule has 25 heavy (non-hydrogen) atoms. The van der Waals surface area contributed by atoms with Crippen molar-refractivity contribution in [1.29, 1.82) is 0 Å². The van der Waals surface area contributed by atoms with Gasteiger partial charge in [0.2, 0.25) is 12.1 Å². The molecular weight excluding hydrogens is 332 g/mol. The highest BCUT2D eigenvalue weighted by Gasteiger charge is 2.30. The highest BCUT2D eigenvalue weighted by molar-refractivity contribution is 5.89. The predicted molar refractivity (Wildman–Crippen MR) is 86.2 cm³/mol. The van der Waals surface area contributed by atoms with Crippen LogP contribution in [0.3, 0.4) is 0 Å². The molecule has 138 valence electrons. The molecule has 3 atom stereocenters. The van der Waals surface area contributed by atoms with Gasteiger partial charge in [0.15, 0.2) is 0 Å². The van der Waals surface area contributed by atoms with Crippen molar-refractivity contribution in [3.63, 3.8) is 0 Å². The van der Waals surface area contributed by atoms with E-state index >= 15 is 0 Å². The van der Waals surface area contributed by atoms with Crippen LogP contribution in [0.5, 0.6) is 0 Å². The highest BCUT2D eigenvalue weighted by atomic mass is 16.6. The quantitative estimate of drug-likeness (QED) is 0.441. The summed E-state index contributed by atoms with van der Waals surface area (Å²) in [7, 11) is 2.33. The minimum Gasteiger partial charge on any atom is -0.466 e. The van der Waals surface area contributed by atoms with Crippen LogP contribution in [0.2, 0.25) is 0 Å². The summed E-state index contributed by atoms with van der Waals surface area (Å²) < 4.78 is 14.2. The van der Waals surface area contributed by atoms with Crippen LogP contribution < -0.4 is 10.6 Å². The molecule has 0 aliphatic carbocycles. The lowest BCUT2D eigenvalue weighted by molar-refractivity contribution is -0.157. The second-order valence-electron chi connectivity index (χ2n) is 5.07. The van der Waals surface area contributed by atoms with Crippen molar-refractivity contribution >= 4 is 18.0 Å². The number of nitrogens with one attached hydrogen (secondary N) is 2. The van der Waals surface area contributed by atoms with Crippen LogP contribution in [0.1, 0.15) is 12.5 Å². The number of hydrogen-bond donors (Lipinski definition) is 3. The summed E-state index contributed by atoms with van der Waals surface area (Å²) in [6.45, 7) is 1.31. The summed E-state index contributed by atoms with van der Waals surface area (Å²) in [6.07, 6.45) is -3.49. The fourth-order valence-electron chi connectivity index (χ4n) is 1.84. The highest BCUT2D eigenvalue weighted by Crippen LogP contribution is 2.02. The molecule has 0 saturated heterocycles. The summed E-state index contributed by atoms with van der Waals surface area (Å²) in [5.41, 5.74) is 0.765. The van der Waals surface area contributed by atoms with Gasteiger partial charge in [-0.25, -0.2) is 9.59 Å². The van der Waals surface area contributed by atoms with E-state index in [0.29, 0.717) is 0 Å². The van der Waals surface area contributed by atoms with Gasteiger partial charge in [-0.15, -0.1) is 0 Å². The molecule has 0 bridgehead atoms. The van der Waals surface area contributed by atoms with Crippen molar-refractivity contribution in [2.45, 2.75) is 31.9 Å². The van der Waals surface area contributed by atoms with Crippen molar-refractivity contribution in [2.24, 2.45) is 0 Å². The fourth-order valence-corrected chi connectivity index (χ4v) is 1.84. The molecule has 0 aliphatic rings. The Kier molecular flexibility index (Phi) is 8.37. The monoisotopic (exact) mass is 354 g/mol. The molecule has 1 aromatic carbocycles. The van der Waals surface area contributed by atoms with E-state index in [0.717, 1.165) is 12.7 Å². The average Bonchev–Trinajstić information content (AvgIpc) is 2.62. The molecule has 2 amide bonds. The van der Waals surface area contributed by atoms with Crippen LogP contribution >= 0.6 is 0 Å². The second-order valence-corrected chi connectivity index (χ2v) is 5.07. The van der Waals surface area contributed by atoms with Crippen LogP contribution in [-0.4, -0.2) is 55.7 Å². The van der Waals surface area contributed by atoms with E-state index in [1.54, 1.807) is 24.3 Å². The number of carbonyl (C=O) groups excluding carboxylic acids is 3. The summed E-state index contributed by atoms with van der Waals surface area (Å²) in [6, 6.07) is 7.61. The molecule has 1 rings (SSSR count). The number of amides is 2. The van der Waals surface area contributed by atoms with E-state index < -0.39 is 36.3 Å². The number of rotatable bonds is 8. The molecule has 0 heterocycles. The molecule has 9 nitrogen and oxygen atoms in total. The zero-order valence-electron chi connectivity index (χ0n) is 14.2. The summed E-state index contributed by atoms with van der Waals surface area (Å²) in [5, 5.41) is 14.2. The zero-order chi connectivity index (χ0) is 18.8. The maximum absolute atomic E-state index is 12.2. The molecule has 0 fully saturated rings. The average molecular weight is 354 g/mol. The van der Waals surface area contributed by atoms with E-state index in [4.69, 9.17) is 9.47 Å². The Bertz CT molecular complexity index is 577. The van der Waals surface area contributed by atoms with Gasteiger partial charge in [0, 0.05) is 7.11 Å². The maximum Gasteiger partial charge on any atom is 0.408 e. The number of carbonyl (C=O) groups is 3. The standard InChI is InChI=1S/C16H22N2O7/c1-10(19)12(13(20)18-14(23-2)15(21)24-3)17-16(22)25-9-11-7-5-4-6-8-11/h4-8,10,12,14,19H,9H2,1-3H3,(H,17,22)(H,18,20)/t10-,12+,14+/m1/s1. The molecule has 0 saturated carbocycles. The van der Waals surface area contributed by atoms with E-state index in [1.165, 1.54) is 14.0 Å². The van der Waals surface area contributed by atoms with E-state index in [9.17, 15) is 19.5 Å². The number of aliphatic hydroxyl groups excluding tert-OH is 1. The minimum atomic E-state index is -1.36. The third kappa shape index (κ3) is 6.77. The van der Waals surface area contributed by atoms with Gasteiger partial charge in [-0.2, -0.15) is 0 Å². The molecule has 1 aromatic rings. The van der Waals surface area contributed by atoms with Crippen molar-refractivity contribution < 1.29 is 33.7 Å². The van der Waals surface area contributed by atoms with Gasteiger partial charge < -0.3 is 30.0 Å². The molecule has 0 aliphatic heterocycles. The number of esters is 1. The third-order valence-corrected chi connectivity index (χ3v) is 3.18. The first-order valence-corrected chi connectivity index (χ1v) is 7.45. The first kappa shape index (κ1) is 20.4. The number of aliphatic hydroxyl groups is 1. The topological polar surface area (TPSA) is 123 Å².